The van der Waals surface area contributed by atoms with Crippen LogP contribution in [-0.4, -0.2) is 6.88 Å². The Morgan fingerprint density at radius 2 is 0.944 bits per heavy atom. The second kappa shape index (κ2) is 17.3. The Kier molecular flexibility index (Phi) is 13.3. The monoisotopic (exact) mass is 852 g/mol. The molecule has 0 N–H and O–H groups in total. The smallest absolute Gasteiger partial charge is 0.147 e. The summed E-state index contributed by atoms with van der Waals surface area (Å²) in [6.45, 7) is 9.58. The van der Waals surface area contributed by atoms with Gasteiger partial charge in [-0.1, -0.05) is 0 Å². The fourth-order valence-electron chi connectivity index (χ4n) is 11.9. The normalized spacial score (nSPS) is 20.3. The summed E-state index contributed by atoms with van der Waals surface area (Å²) in [4.78, 5) is 0. The van der Waals surface area contributed by atoms with E-state index in [4.69, 9.17) is 0 Å². The van der Waals surface area contributed by atoms with Crippen molar-refractivity contribution in [3.05, 3.63) is 129 Å². The van der Waals surface area contributed by atoms with E-state index in [0.717, 1.165) is 11.8 Å². The molecule has 4 aromatic carbocycles. The van der Waals surface area contributed by atoms with Crippen LogP contribution in [0.1, 0.15) is 131 Å². The maximum atomic E-state index is 2.98. The van der Waals surface area contributed by atoms with Gasteiger partial charge < -0.3 is 0 Å². The molecule has 4 aliphatic rings. The predicted octanol–water partition coefficient (Wildman–Crippen LogP) is 15.1. The first-order valence-corrected chi connectivity index (χ1v) is 34.0. The van der Waals surface area contributed by atoms with Gasteiger partial charge in [-0.15, -0.1) is 24.8 Å². The van der Waals surface area contributed by atoms with Gasteiger partial charge in [0.05, 0.1) is 0 Å². The Labute approximate surface area is 342 Å². The number of hydrogen-bond acceptors (Lipinski definition) is 0. The van der Waals surface area contributed by atoms with Crippen LogP contribution in [0.2, 0.25) is 8.76 Å². The molecule has 54 heavy (non-hydrogen) atoms. The molecule has 4 aliphatic carbocycles. The summed E-state index contributed by atoms with van der Waals surface area (Å²) in [5.41, 5.74) is 18.4. The molecule has 4 aromatic rings. The van der Waals surface area contributed by atoms with Gasteiger partial charge in [0.15, 0.2) is 0 Å². The Balaban J connectivity index is 0.00000249. The first-order chi connectivity index (χ1) is 25.2. The molecule has 2 atom stereocenters. The van der Waals surface area contributed by atoms with Crippen LogP contribution in [0.5, 0.6) is 0 Å². The first-order valence-electron chi connectivity index (χ1n) is 21.1. The van der Waals surface area contributed by atoms with Gasteiger partial charge in [-0.3, -0.25) is 0 Å². The minimum absolute atomic E-state index is 0. The van der Waals surface area contributed by atoms with E-state index in [1.54, 1.807) is 22.3 Å². The molecule has 0 spiro atoms. The molecule has 0 amide bonds. The summed E-state index contributed by atoms with van der Waals surface area (Å²) in [5.74, 6) is 1.68. The van der Waals surface area contributed by atoms with Crippen molar-refractivity contribution < 1.29 is 17.4 Å². The average molecular weight is 855 g/mol. The van der Waals surface area contributed by atoms with Crippen LogP contribution < -0.4 is 0 Å². The Morgan fingerprint density at radius 1 is 0.556 bits per heavy atom. The zero-order valence-corrected chi connectivity index (χ0v) is 39.0. The third-order valence-electron chi connectivity index (χ3n) is 14.2. The van der Waals surface area contributed by atoms with Gasteiger partial charge >= 0.3 is 320 Å². The number of allylic oxidation sites excluding steroid dienone is 2. The molecule has 0 aromatic heterocycles. The molecule has 0 heterocycles. The van der Waals surface area contributed by atoms with E-state index in [0.29, 0.717) is 7.25 Å². The predicted molar refractivity (Wildman–Crippen MR) is 241 cm³/mol. The SMILES string of the molecule is CC[CH2][Zr]([CH3])(=[SiH2])([CH]1C(CC2CCCCC2)=Cc2c(-c3ccc(C)cc3)cccc21)[CH]1C(CC2CCCCC2)=Cc2c(-c3ccc(C)cc3)cccc21.Cl.Cl. The molecule has 286 valence electrons. The van der Waals surface area contributed by atoms with E-state index in [1.165, 1.54) is 121 Å². The molecular weight excluding hydrogens is 791 g/mol. The van der Waals surface area contributed by atoms with Gasteiger partial charge in [-0.25, -0.2) is 0 Å². The second-order valence-electron chi connectivity index (χ2n) is 18.3. The van der Waals surface area contributed by atoms with Crippen molar-refractivity contribution >= 4 is 43.8 Å². The maximum absolute atomic E-state index is 3.90. The number of halogens is 2. The summed E-state index contributed by atoms with van der Waals surface area (Å²) < 4.78 is 5.58. The van der Waals surface area contributed by atoms with Gasteiger partial charge in [0.25, 0.3) is 0 Å². The Bertz CT molecular complexity index is 1920. The molecule has 4 heteroatoms. The zero-order valence-electron chi connectivity index (χ0n) is 33.5. The molecule has 2 fully saturated rings. The van der Waals surface area contributed by atoms with E-state index in [2.05, 4.69) is 129 Å². The topological polar surface area (TPSA) is 0 Å². The van der Waals surface area contributed by atoms with Crippen LogP contribution in [0.25, 0.3) is 34.4 Å². The standard InChI is InChI=1S/2C23H25.C3H7.CH3.2ClH.H2Si.Zr/c2*1-17-10-12-20(13-11-17)22-9-5-8-21-15-19(16-23(21)22)14-18-6-3-2-4-7-18;1-3-2;;;;;/h2*5,8-13,15-16,18H,2-4,6-7,14H2,1H3;1,3H2,2H3;1H3;2*1H;1H2;. The van der Waals surface area contributed by atoms with Crippen LogP contribution in [0.15, 0.2) is 96.1 Å². The molecule has 0 nitrogen and oxygen atoms in total. The molecule has 0 radical (unpaired) electrons. The van der Waals surface area contributed by atoms with Crippen molar-refractivity contribution in [3.8, 4) is 22.3 Å². The van der Waals surface area contributed by atoms with E-state index < -0.39 is 17.4 Å². The minimum Gasteiger partial charge on any atom is -0.147 e. The zero-order chi connectivity index (χ0) is 35.9. The maximum Gasteiger partial charge on any atom is -0.147 e. The van der Waals surface area contributed by atoms with Crippen molar-refractivity contribution in [2.45, 2.75) is 120 Å². The molecule has 0 aliphatic heterocycles. The van der Waals surface area contributed by atoms with Crippen molar-refractivity contribution in [3.63, 3.8) is 0 Å². The number of hydrogen-bond donors (Lipinski definition) is 0. The van der Waals surface area contributed by atoms with Crippen molar-refractivity contribution in [1.29, 1.82) is 0 Å². The largest absolute Gasteiger partial charge is 0.147 e. The first kappa shape index (κ1) is 41.7. The third kappa shape index (κ3) is 7.95. The van der Waals surface area contributed by atoms with E-state index in [-0.39, 0.29) is 24.8 Å². The quantitative estimate of drug-likeness (QED) is 0.139. The fraction of sp³-hybridized carbons (Fsp3) is 0.440. The Morgan fingerprint density at radius 3 is 1.31 bits per heavy atom. The summed E-state index contributed by atoms with van der Waals surface area (Å²) >= 11 is -3.90. The second-order valence-corrected chi connectivity index (χ2v) is 46.8. The Hall–Kier alpha value is -1.96. The van der Waals surface area contributed by atoms with Crippen LogP contribution in [0.4, 0.5) is 0 Å². The summed E-state index contributed by atoms with van der Waals surface area (Å²) in [6, 6.07) is 33.6. The summed E-state index contributed by atoms with van der Waals surface area (Å²) in [7, 11) is 0. The minimum atomic E-state index is -3.90. The summed E-state index contributed by atoms with van der Waals surface area (Å²) in [6.07, 6.45) is 23.6. The summed E-state index contributed by atoms with van der Waals surface area (Å²) in [5, 5.41) is 0. The van der Waals surface area contributed by atoms with Gasteiger partial charge in [0.2, 0.25) is 0 Å². The average Bonchev–Trinajstić information content (AvgIpc) is 3.73. The van der Waals surface area contributed by atoms with Crippen LogP contribution in [0.3, 0.4) is 0 Å². The number of benzene rings is 4. The third-order valence-corrected chi connectivity index (χ3v) is 37.7. The molecular formula is C50H64Cl2SiZr. The van der Waals surface area contributed by atoms with Gasteiger partial charge in [0.1, 0.15) is 0 Å². The van der Waals surface area contributed by atoms with Crippen LogP contribution >= 0.6 is 24.8 Å². The number of aryl methyl sites for hydroxylation is 2. The van der Waals surface area contributed by atoms with Gasteiger partial charge in [-0.05, 0) is 0 Å². The molecule has 2 saturated carbocycles. The van der Waals surface area contributed by atoms with Crippen molar-refractivity contribution in [1.82, 2.24) is 0 Å². The fourth-order valence-corrected chi connectivity index (χ4v) is 37.7. The van der Waals surface area contributed by atoms with Gasteiger partial charge in [0, 0.05) is 0 Å². The van der Waals surface area contributed by atoms with Gasteiger partial charge in [-0.2, -0.15) is 0 Å². The number of rotatable bonds is 10. The molecule has 0 saturated heterocycles. The number of fused-ring (bicyclic) bond motifs is 2. The van der Waals surface area contributed by atoms with Crippen molar-refractivity contribution in [2.75, 3.05) is 0 Å². The van der Waals surface area contributed by atoms with Crippen molar-refractivity contribution in [2.24, 2.45) is 11.8 Å². The van der Waals surface area contributed by atoms with E-state index in [1.807, 2.05) is 11.1 Å². The van der Waals surface area contributed by atoms with Crippen LogP contribution in [0, 0.1) is 25.7 Å². The van der Waals surface area contributed by atoms with E-state index in [9.17, 15) is 0 Å². The molecule has 8 rings (SSSR count). The van der Waals surface area contributed by atoms with Crippen LogP contribution in [-0.2, 0) is 17.4 Å². The molecule has 0 bridgehead atoms. The van der Waals surface area contributed by atoms with E-state index >= 15 is 0 Å². The molecule has 2 unspecified atom stereocenters.